The number of ether oxygens (including phenoxy) is 2. The van der Waals surface area contributed by atoms with E-state index < -0.39 is 0 Å². The lowest BCUT2D eigenvalue weighted by molar-refractivity contribution is 0.0730. The highest BCUT2D eigenvalue weighted by molar-refractivity contribution is 5.94. The lowest BCUT2D eigenvalue weighted by atomic mass is 10.0. The van der Waals surface area contributed by atoms with Crippen LogP contribution >= 0.6 is 0 Å². The number of nitrogens with zero attached hydrogens (tertiary/aromatic N) is 2. The highest BCUT2D eigenvalue weighted by Crippen LogP contribution is 2.43. The molecule has 1 fully saturated rings. The molecule has 1 aromatic carbocycles. The molecule has 2 aliphatic rings. The van der Waals surface area contributed by atoms with E-state index in [2.05, 4.69) is 4.98 Å². The quantitative estimate of drug-likeness (QED) is 0.851. The maximum absolute atomic E-state index is 12.9. The summed E-state index contributed by atoms with van der Waals surface area (Å²) < 4.78 is 11.5. The number of aromatic nitrogens is 1. The van der Waals surface area contributed by atoms with Crippen molar-refractivity contribution in [3.8, 4) is 11.5 Å². The Bertz CT molecular complexity index is 758. The largest absolute Gasteiger partial charge is 0.486 e. The van der Waals surface area contributed by atoms with Gasteiger partial charge in [-0.05, 0) is 38.0 Å². The number of likely N-dealkylation sites (tertiary alicyclic amines) is 1. The normalized spacial score (nSPS) is 19.4. The summed E-state index contributed by atoms with van der Waals surface area (Å²) in [7, 11) is 0. The van der Waals surface area contributed by atoms with Crippen molar-refractivity contribution in [2.24, 2.45) is 0 Å². The number of hydrogen-bond acceptors (Lipinski definition) is 4. The zero-order valence-electron chi connectivity index (χ0n) is 13.7. The van der Waals surface area contributed by atoms with Crippen LogP contribution in [0.5, 0.6) is 11.5 Å². The molecular weight excluding hydrogens is 304 g/mol. The minimum absolute atomic E-state index is 0.0236. The summed E-state index contributed by atoms with van der Waals surface area (Å²) in [5.74, 6) is 1.59. The zero-order chi connectivity index (χ0) is 16.5. The van der Waals surface area contributed by atoms with E-state index in [9.17, 15) is 4.79 Å². The van der Waals surface area contributed by atoms with Crippen molar-refractivity contribution in [1.82, 2.24) is 9.88 Å². The van der Waals surface area contributed by atoms with E-state index in [-0.39, 0.29) is 11.9 Å². The number of fused-ring (bicyclic) bond motifs is 1. The Kier molecular flexibility index (Phi) is 3.84. The summed E-state index contributed by atoms with van der Waals surface area (Å²) in [4.78, 5) is 19.1. The van der Waals surface area contributed by atoms with E-state index in [1.54, 1.807) is 6.20 Å². The Hall–Kier alpha value is -2.56. The standard InChI is InChI=1S/C19H20N2O3/c1-13-7-8-14(12-20-13)19(22)21-9-3-5-16(21)15-4-2-6-17-18(15)24-11-10-23-17/h2,4,6-8,12,16H,3,5,9-11H2,1H3. The molecule has 4 rings (SSSR count). The number of carbonyl (C=O) groups is 1. The smallest absolute Gasteiger partial charge is 0.255 e. The van der Waals surface area contributed by atoms with Gasteiger partial charge in [0, 0.05) is 24.0 Å². The number of carbonyl (C=O) groups excluding carboxylic acids is 1. The number of rotatable bonds is 2. The van der Waals surface area contributed by atoms with Crippen LogP contribution in [0, 0.1) is 6.92 Å². The lowest BCUT2D eigenvalue weighted by Crippen LogP contribution is -2.31. The maximum Gasteiger partial charge on any atom is 0.255 e. The molecule has 0 bridgehead atoms. The van der Waals surface area contributed by atoms with Gasteiger partial charge >= 0.3 is 0 Å². The molecule has 0 N–H and O–H groups in total. The Morgan fingerprint density at radius 3 is 2.92 bits per heavy atom. The number of para-hydroxylation sites is 1. The second kappa shape index (κ2) is 6.15. The van der Waals surface area contributed by atoms with Crippen LogP contribution in [0.2, 0.25) is 0 Å². The Morgan fingerprint density at radius 2 is 2.08 bits per heavy atom. The Balaban J connectivity index is 1.66. The molecule has 2 aliphatic heterocycles. The summed E-state index contributed by atoms with van der Waals surface area (Å²) in [6.07, 6.45) is 3.58. The first-order valence-corrected chi connectivity index (χ1v) is 8.36. The summed E-state index contributed by atoms with van der Waals surface area (Å²) in [5.41, 5.74) is 2.58. The molecule has 0 spiro atoms. The molecule has 5 nitrogen and oxygen atoms in total. The zero-order valence-corrected chi connectivity index (χ0v) is 13.7. The number of amides is 1. The fraction of sp³-hybridized carbons (Fsp3) is 0.368. The second-order valence-electron chi connectivity index (χ2n) is 6.22. The number of aryl methyl sites for hydroxylation is 1. The molecule has 124 valence electrons. The molecule has 1 saturated heterocycles. The van der Waals surface area contributed by atoms with Crippen LogP contribution in [0.15, 0.2) is 36.5 Å². The minimum Gasteiger partial charge on any atom is -0.486 e. The van der Waals surface area contributed by atoms with Crippen LogP contribution in [0.3, 0.4) is 0 Å². The van der Waals surface area contributed by atoms with Crippen LogP contribution in [-0.4, -0.2) is 35.5 Å². The Labute approximate surface area is 141 Å². The van der Waals surface area contributed by atoms with Gasteiger partial charge in [0.15, 0.2) is 11.5 Å². The third-order valence-corrected chi connectivity index (χ3v) is 4.63. The van der Waals surface area contributed by atoms with Gasteiger partial charge in [0.05, 0.1) is 11.6 Å². The van der Waals surface area contributed by atoms with Gasteiger partial charge in [-0.15, -0.1) is 0 Å². The Morgan fingerprint density at radius 1 is 1.21 bits per heavy atom. The average Bonchev–Trinajstić information content (AvgIpc) is 3.11. The molecule has 0 aliphatic carbocycles. The van der Waals surface area contributed by atoms with E-state index in [1.165, 1.54) is 0 Å². The fourth-order valence-corrected chi connectivity index (χ4v) is 3.45. The molecule has 1 atom stereocenters. The van der Waals surface area contributed by atoms with Gasteiger partial charge in [0.25, 0.3) is 5.91 Å². The van der Waals surface area contributed by atoms with Gasteiger partial charge in [-0.1, -0.05) is 12.1 Å². The SMILES string of the molecule is Cc1ccc(C(=O)N2CCCC2c2cccc3c2OCCO3)cn1. The molecule has 2 aromatic rings. The lowest BCUT2D eigenvalue weighted by Gasteiger charge is -2.29. The predicted molar refractivity (Wildman–Crippen MR) is 89.4 cm³/mol. The third kappa shape index (κ3) is 2.60. The van der Waals surface area contributed by atoms with E-state index in [4.69, 9.17) is 9.47 Å². The van der Waals surface area contributed by atoms with Crippen LogP contribution in [0.1, 0.15) is 40.5 Å². The van der Waals surface area contributed by atoms with Crippen LogP contribution in [-0.2, 0) is 0 Å². The van der Waals surface area contributed by atoms with Crippen molar-refractivity contribution in [3.63, 3.8) is 0 Å². The van der Waals surface area contributed by atoms with Crippen molar-refractivity contribution in [2.75, 3.05) is 19.8 Å². The summed E-state index contributed by atoms with van der Waals surface area (Å²) in [6.45, 7) is 3.79. The highest BCUT2D eigenvalue weighted by atomic mass is 16.6. The first kappa shape index (κ1) is 15.0. The molecule has 1 aromatic heterocycles. The fourth-order valence-electron chi connectivity index (χ4n) is 3.45. The van der Waals surface area contributed by atoms with Crippen molar-refractivity contribution < 1.29 is 14.3 Å². The molecule has 0 saturated carbocycles. The van der Waals surface area contributed by atoms with E-state index >= 15 is 0 Å². The first-order valence-electron chi connectivity index (χ1n) is 8.36. The molecule has 5 heteroatoms. The van der Waals surface area contributed by atoms with Crippen molar-refractivity contribution in [1.29, 1.82) is 0 Å². The second-order valence-corrected chi connectivity index (χ2v) is 6.22. The number of pyridine rings is 1. The molecule has 3 heterocycles. The van der Waals surface area contributed by atoms with Gasteiger partial charge in [0.1, 0.15) is 13.2 Å². The van der Waals surface area contributed by atoms with Gasteiger partial charge < -0.3 is 14.4 Å². The van der Waals surface area contributed by atoms with Gasteiger partial charge in [-0.3, -0.25) is 9.78 Å². The van der Waals surface area contributed by atoms with E-state index in [0.717, 1.165) is 42.1 Å². The number of hydrogen-bond donors (Lipinski definition) is 0. The predicted octanol–water partition coefficient (Wildman–Crippen LogP) is 3.14. The van der Waals surface area contributed by atoms with Gasteiger partial charge in [-0.2, -0.15) is 0 Å². The molecule has 1 unspecified atom stereocenters. The molecular formula is C19H20N2O3. The molecule has 1 amide bonds. The maximum atomic E-state index is 12.9. The van der Waals surface area contributed by atoms with E-state index in [1.807, 2.05) is 42.2 Å². The first-order chi connectivity index (χ1) is 11.7. The van der Waals surface area contributed by atoms with E-state index in [0.29, 0.717) is 18.8 Å². The van der Waals surface area contributed by atoms with Crippen LogP contribution in [0.4, 0.5) is 0 Å². The molecule has 0 radical (unpaired) electrons. The van der Waals surface area contributed by atoms with Gasteiger partial charge in [-0.25, -0.2) is 0 Å². The van der Waals surface area contributed by atoms with Crippen molar-refractivity contribution in [3.05, 3.63) is 53.3 Å². The summed E-state index contributed by atoms with van der Waals surface area (Å²) >= 11 is 0. The van der Waals surface area contributed by atoms with Crippen molar-refractivity contribution in [2.45, 2.75) is 25.8 Å². The third-order valence-electron chi connectivity index (χ3n) is 4.63. The topological polar surface area (TPSA) is 51.7 Å². The minimum atomic E-state index is 0.0236. The molecule has 24 heavy (non-hydrogen) atoms. The van der Waals surface area contributed by atoms with Crippen molar-refractivity contribution >= 4 is 5.91 Å². The van der Waals surface area contributed by atoms with Crippen LogP contribution < -0.4 is 9.47 Å². The highest BCUT2D eigenvalue weighted by Gasteiger charge is 2.34. The van der Waals surface area contributed by atoms with Gasteiger partial charge in [0.2, 0.25) is 0 Å². The monoisotopic (exact) mass is 324 g/mol. The van der Waals surface area contributed by atoms with Crippen LogP contribution in [0.25, 0.3) is 0 Å². The summed E-state index contributed by atoms with van der Waals surface area (Å²) in [6, 6.07) is 9.67. The summed E-state index contributed by atoms with van der Waals surface area (Å²) in [5, 5.41) is 0. The number of benzene rings is 1. The average molecular weight is 324 g/mol.